The summed E-state index contributed by atoms with van der Waals surface area (Å²) < 4.78 is 13.0. The number of para-hydroxylation sites is 3. The van der Waals surface area contributed by atoms with Crippen LogP contribution in [0.1, 0.15) is 23.8 Å². The summed E-state index contributed by atoms with van der Waals surface area (Å²) in [5, 5.41) is 12.8. The standard InChI is InChI=1S/C27H23N3O4S/c1-4-33-22-13-6-5-12-21(22)29-25(31)20(16-28)27-30(24-17(2)9-7-10-18(24)3)26(32)23(35-27)15-19-11-8-14-34-19/h5-15H,4H2,1-3H3,(H,29,31). The maximum absolute atomic E-state index is 13.6. The lowest BCUT2D eigenvalue weighted by Gasteiger charge is -2.12. The van der Waals surface area contributed by atoms with Gasteiger partial charge in [0.05, 0.1) is 28.8 Å². The van der Waals surface area contributed by atoms with E-state index in [2.05, 4.69) is 5.32 Å². The highest BCUT2D eigenvalue weighted by molar-refractivity contribution is 7.07. The number of carbonyl (C=O) groups is 1. The molecule has 2 heterocycles. The number of nitrogens with one attached hydrogen (secondary N) is 1. The lowest BCUT2D eigenvalue weighted by molar-refractivity contribution is -0.111. The van der Waals surface area contributed by atoms with E-state index in [1.54, 1.807) is 42.5 Å². The van der Waals surface area contributed by atoms with Crippen LogP contribution in [-0.2, 0) is 4.79 Å². The van der Waals surface area contributed by atoms with Crippen molar-refractivity contribution in [3.8, 4) is 17.5 Å². The molecule has 2 aromatic heterocycles. The highest BCUT2D eigenvalue weighted by Crippen LogP contribution is 2.24. The zero-order chi connectivity index (χ0) is 24.9. The fourth-order valence-electron chi connectivity index (χ4n) is 3.75. The highest BCUT2D eigenvalue weighted by Gasteiger charge is 2.20. The minimum atomic E-state index is -0.634. The van der Waals surface area contributed by atoms with Crippen molar-refractivity contribution in [1.29, 1.82) is 5.26 Å². The molecule has 35 heavy (non-hydrogen) atoms. The molecular formula is C27H23N3O4S. The third-order valence-corrected chi connectivity index (χ3v) is 6.38. The predicted octanol–water partition coefficient (Wildman–Crippen LogP) is 3.65. The number of thiazole rings is 1. The maximum Gasteiger partial charge on any atom is 0.273 e. The van der Waals surface area contributed by atoms with Gasteiger partial charge in [0.2, 0.25) is 0 Å². The number of furan rings is 1. The van der Waals surface area contributed by atoms with Crippen molar-refractivity contribution in [3.05, 3.63) is 97.3 Å². The van der Waals surface area contributed by atoms with Crippen molar-refractivity contribution >= 4 is 34.6 Å². The molecule has 4 rings (SSSR count). The second-order valence-corrected chi connectivity index (χ2v) is 8.71. The van der Waals surface area contributed by atoms with Crippen LogP contribution in [0.4, 0.5) is 5.69 Å². The molecule has 1 N–H and O–H groups in total. The average molecular weight is 486 g/mol. The molecule has 0 saturated carbocycles. The van der Waals surface area contributed by atoms with Gasteiger partial charge in [-0.2, -0.15) is 5.26 Å². The lowest BCUT2D eigenvalue weighted by Crippen LogP contribution is -2.33. The smallest absolute Gasteiger partial charge is 0.273 e. The first kappa shape index (κ1) is 23.8. The number of aromatic nitrogens is 1. The summed E-state index contributed by atoms with van der Waals surface area (Å²) in [4.78, 5) is 26.9. The largest absolute Gasteiger partial charge is 0.492 e. The second kappa shape index (κ2) is 10.3. The number of nitriles is 1. The zero-order valence-corrected chi connectivity index (χ0v) is 20.3. The average Bonchev–Trinajstić information content (AvgIpc) is 3.45. The van der Waals surface area contributed by atoms with E-state index in [-0.39, 0.29) is 15.8 Å². The molecule has 7 nitrogen and oxygen atoms in total. The van der Waals surface area contributed by atoms with Gasteiger partial charge in [0.25, 0.3) is 11.5 Å². The second-order valence-electron chi connectivity index (χ2n) is 7.68. The molecule has 0 aliphatic carbocycles. The number of carbonyl (C=O) groups excluding carboxylic acids is 1. The van der Waals surface area contributed by atoms with E-state index in [4.69, 9.17) is 9.15 Å². The van der Waals surface area contributed by atoms with Gasteiger partial charge < -0.3 is 14.5 Å². The van der Waals surface area contributed by atoms with E-state index in [0.717, 1.165) is 22.5 Å². The third kappa shape index (κ3) is 4.81. The van der Waals surface area contributed by atoms with Gasteiger partial charge in [-0.1, -0.05) is 30.3 Å². The Morgan fingerprint density at radius 2 is 1.89 bits per heavy atom. The molecule has 0 bridgehead atoms. The van der Waals surface area contributed by atoms with Gasteiger partial charge in [0, 0.05) is 6.08 Å². The Bertz CT molecular complexity index is 1580. The first-order valence-corrected chi connectivity index (χ1v) is 11.8. The fraction of sp³-hybridized carbons (Fsp3) is 0.148. The number of hydrogen-bond acceptors (Lipinski definition) is 6. The molecule has 0 fully saturated rings. The Hall–Kier alpha value is -4.35. The molecule has 4 aromatic rings. The van der Waals surface area contributed by atoms with Crippen LogP contribution in [0.25, 0.3) is 17.3 Å². The van der Waals surface area contributed by atoms with Crippen LogP contribution in [-0.4, -0.2) is 17.1 Å². The minimum Gasteiger partial charge on any atom is -0.492 e. The number of amides is 1. The van der Waals surface area contributed by atoms with Gasteiger partial charge in [-0.05, 0) is 56.2 Å². The van der Waals surface area contributed by atoms with Crippen molar-refractivity contribution in [3.63, 3.8) is 0 Å². The number of nitrogens with zero attached hydrogens (tertiary/aromatic N) is 2. The zero-order valence-electron chi connectivity index (χ0n) is 19.5. The molecule has 0 saturated heterocycles. The molecule has 176 valence electrons. The fourth-order valence-corrected chi connectivity index (χ4v) is 4.81. The lowest BCUT2D eigenvalue weighted by atomic mass is 10.1. The number of hydrogen-bond donors (Lipinski definition) is 1. The summed E-state index contributed by atoms with van der Waals surface area (Å²) in [6.07, 6.45) is 3.12. The van der Waals surface area contributed by atoms with Gasteiger partial charge in [0.15, 0.2) is 5.57 Å². The molecule has 0 spiro atoms. The van der Waals surface area contributed by atoms with Gasteiger partial charge in [0.1, 0.15) is 22.2 Å². The molecule has 0 aliphatic heterocycles. The Morgan fingerprint density at radius 1 is 1.14 bits per heavy atom. The van der Waals surface area contributed by atoms with E-state index in [1.165, 1.54) is 10.8 Å². The van der Waals surface area contributed by atoms with Crippen LogP contribution in [0.3, 0.4) is 0 Å². The molecule has 1 amide bonds. The van der Waals surface area contributed by atoms with Crippen molar-refractivity contribution < 1.29 is 13.9 Å². The molecule has 8 heteroatoms. The summed E-state index contributed by atoms with van der Waals surface area (Å²) in [5.41, 5.74) is 2.24. The van der Waals surface area contributed by atoms with Crippen molar-refractivity contribution in [1.82, 2.24) is 4.57 Å². The summed E-state index contributed by atoms with van der Waals surface area (Å²) in [6.45, 7) is 6.04. The summed E-state index contributed by atoms with van der Waals surface area (Å²) in [7, 11) is 0. The number of anilines is 1. The van der Waals surface area contributed by atoms with Gasteiger partial charge in [-0.25, -0.2) is 0 Å². The maximum atomic E-state index is 13.6. The minimum absolute atomic E-state index is 0.180. The van der Waals surface area contributed by atoms with E-state index < -0.39 is 5.91 Å². The van der Waals surface area contributed by atoms with Crippen LogP contribution in [0.5, 0.6) is 5.75 Å². The van der Waals surface area contributed by atoms with Crippen LogP contribution in [0, 0.1) is 25.2 Å². The first-order chi connectivity index (χ1) is 16.9. The molecule has 0 unspecified atom stereocenters. The van der Waals surface area contributed by atoms with Crippen molar-refractivity contribution in [2.24, 2.45) is 0 Å². The van der Waals surface area contributed by atoms with Crippen molar-refractivity contribution in [2.75, 3.05) is 11.9 Å². The topological polar surface area (TPSA) is 97.3 Å². The quantitative estimate of drug-likeness (QED) is 0.450. The molecule has 0 aliphatic rings. The van der Waals surface area contributed by atoms with Crippen LogP contribution in [0.15, 0.2) is 70.1 Å². The summed E-state index contributed by atoms with van der Waals surface area (Å²) in [6, 6.07) is 18.1. The number of rotatable bonds is 6. The Kier molecular flexibility index (Phi) is 6.99. The molecule has 0 atom stereocenters. The van der Waals surface area contributed by atoms with Gasteiger partial charge in [-0.3, -0.25) is 14.2 Å². The Labute approximate surface area is 205 Å². The first-order valence-electron chi connectivity index (χ1n) is 11.0. The Morgan fingerprint density at radius 3 is 2.54 bits per heavy atom. The normalized spacial score (nSPS) is 12.2. The van der Waals surface area contributed by atoms with Crippen LogP contribution >= 0.6 is 11.3 Å². The summed E-state index contributed by atoms with van der Waals surface area (Å²) in [5.74, 6) is 0.355. The summed E-state index contributed by atoms with van der Waals surface area (Å²) >= 11 is 1.07. The van der Waals surface area contributed by atoms with E-state index >= 15 is 0 Å². The SMILES string of the molecule is CCOc1ccccc1NC(=O)C(C#N)=c1sc(=Cc2ccco2)c(=O)n1-c1c(C)cccc1C. The number of benzene rings is 2. The van der Waals surface area contributed by atoms with Crippen LogP contribution < -0.4 is 24.8 Å². The monoisotopic (exact) mass is 485 g/mol. The van der Waals surface area contributed by atoms with Crippen LogP contribution in [0.2, 0.25) is 0 Å². The van der Waals surface area contributed by atoms with Gasteiger partial charge >= 0.3 is 0 Å². The van der Waals surface area contributed by atoms with Gasteiger partial charge in [-0.15, -0.1) is 11.3 Å². The van der Waals surface area contributed by atoms with E-state index in [9.17, 15) is 14.9 Å². The molecule has 2 aromatic carbocycles. The third-order valence-electron chi connectivity index (χ3n) is 5.29. The predicted molar refractivity (Wildman–Crippen MR) is 136 cm³/mol. The van der Waals surface area contributed by atoms with E-state index in [1.807, 2.05) is 45.0 Å². The number of ether oxygens (including phenoxy) is 1. The highest BCUT2D eigenvalue weighted by atomic mass is 32.1. The van der Waals surface area contributed by atoms with E-state index in [0.29, 0.717) is 34.0 Å². The molecular weight excluding hydrogens is 462 g/mol. The van der Waals surface area contributed by atoms with Crippen molar-refractivity contribution in [2.45, 2.75) is 20.8 Å². The Balaban J connectivity index is 1.98. The molecule has 0 radical (unpaired) electrons. The number of aryl methyl sites for hydroxylation is 2.